The number of aryl methyl sites for hydroxylation is 1. The SMILES string of the molecule is CCOc1ccccc1OCC(=O)N1CCCC[C@@H]1c1n[nH]c(C)n1. The maximum Gasteiger partial charge on any atom is 0.261 e. The van der Waals surface area contributed by atoms with Crippen molar-refractivity contribution in [1.82, 2.24) is 20.1 Å². The number of benzene rings is 1. The lowest BCUT2D eigenvalue weighted by Crippen LogP contribution is -2.41. The van der Waals surface area contributed by atoms with Gasteiger partial charge in [-0.1, -0.05) is 12.1 Å². The van der Waals surface area contributed by atoms with Crippen molar-refractivity contribution in [3.05, 3.63) is 35.9 Å². The molecule has 7 nitrogen and oxygen atoms in total. The summed E-state index contributed by atoms with van der Waals surface area (Å²) in [7, 11) is 0. The third kappa shape index (κ3) is 4.10. The Labute approximate surface area is 147 Å². The number of carbonyl (C=O) groups is 1. The second kappa shape index (κ2) is 8.00. The monoisotopic (exact) mass is 344 g/mol. The Bertz CT molecular complexity index is 716. The summed E-state index contributed by atoms with van der Waals surface area (Å²) in [5.74, 6) is 2.62. The zero-order valence-corrected chi connectivity index (χ0v) is 14.7. The molecule has 0 saturated carbocycles. The van der Waals surface area contributed by atoms with E-state index in [1.807, 2.05) is 43.0 Å². The summed E-state index contributed by atoms with van der Waals surface area (Å²) in [4.78, 5) is 19.0. The summed E-state index contributed by atoms with van der Waals surface area (Å²) in [5.41, 5.74) is 0. The predicted octanol–water partition coefficient (Wildman–Crippen LogP) is 2.64. The van der Waals surface area contributed by atoms with Crippen LogP contribution in [0.25, 0.3) is 0 Å². The minimum Gasteiger partial charge on any atom is -0.490 e. The molecule has 1 saturated heterocycles. The van der Waals surface area contributed by atoms with E-state index in [-0.39, 0.29) is 18.6 Å². The molecule has 1 aromatic heterocycles. The van der Waals surface area contributed by atoms with Crippen LogP contribution in [-0.4, -0.2) is 45.7 Å². The van der Waals surface area contributed by atoms with E-state index in [1.165, 1.54) is 0 Å². The van der Waals surface area contributed by atoms with E-state index in [2.05, 4.69) is 15.2 Å². The van der Waals surface area contributed by atoms with Crippen LogP contribution in [0.1, 0.15) is 43.9 Å². The van der Waals surface area contributed by atoms with Gasteiger partial charge >= 0.3 is 0 Å². The molecule has 1 amide bonds. The van der Waals surface area contributed by atoms with Crippen LogP contribution in [-0.2, 0) is 4.79 Å². The van der Waals surface area contributed by atoms with Gasteiger partial charge in [0.25, 0.3) is 5.91 Å². The average molecular weight is 344 g/mol. The number of aromatic nitrogens is 3. The number of carbonyl (C=O) groups excluding carboxylic acids is 1. The van der Waals surface area contributed by atoms with Gasteiger partial charge in [0, 0.05) is 6.54 Å². The van der Waals surface area contributed by atoms with Gasteiger partial charge in [0.05, 0.1) is 12.6 Å². The summed E-state index contributed by atoms with van der Waals surface area (Å²) in [6, 6.07) is 7.31. The second-order valence-corrected chi connectivity index (χ2v) is 6.05. The Morgan fingerprint density at radius 1 is 1.28 bits per heavy atom. The van der Waals surface area contributed by atoms with Gasteiger partial charge in [0.2, 0.25) is 0 Å². The van der Waals surface area contributed by atoms with Crippen molar-refractivity contribution in [2.75, 3.05) is 19.8 Å². The van der Waals surface area contributed by atoms with Crippen LogP contribution in [0.5, 0.6) is 11.5 Å². The minimum atomic E-state index is -0.0862. The van der Waals surface area contributed by atoms with Crippen molar-refractivity contribution < 1.29 is 14.3 Å². The molecule has 134 valence electrons. The molecule has 7 heteroatoms. The van der Waals surface area contributed by atoms with Crippen LogP contribution in [0.4, 0.5) is 0 Å². The number of para-hydroxylation sites is 2. The molecular weight excluding hydrogens is 320 g/mol. The number of piperidine rings is 1. The summed E-state index contributed by atoms with van der Waals surface area (Å²) >= 11 is 0. The molecule has 1 N–H and O–H groups in total. The first-order chi connectivity index (χ1) is 12.2. The molecule has 1 atom stereocenters. The third-order valence-electron chi connectivity index (χ3n) is 4.24. The smallest absolute Gasteiger partial charge is 0.261 e. The first kappa shape index (κ1) is 17.3. The number of aromatic amines is 1. The van der Waals surface area contributed by atoms with Crippen molar-refractivity contribution >= 4 is 5.91 Å². The predicted molar refractivity (Wildman–Crippen MR) is 92.5 cm³/mol. The molecule has 2 heterocycles. The van der Waals surface area contributed by atoms with Crippen molar-refractivity contribution in [3.8, 4) is 11.5 Å². The van der Waals surface area contributed by atoms with Crippen LogP contribution < -0.4 is 9.47 Å². The highest BCUT2D eigenvalue weighted by molar-refractivity contribution is 5.78. The molecule has 0 spiro atoms. The fourth-order valence-electron chi connectivity index (χ4n) is 3.07. The van der Waals surface area contributed by atoms with Gasteiger partial charge in [0.1, 0.15) is 5.82 Å². The van der Waals surface area contributed by atoms with E-state index in [1.54, 1.807) is 0 Å². The summed E-state index contributed by atoms with van der Waals surface area (Å²) < 4.78 is 11.3. The van der Waals surface area contributed by atoms with Crippen molar-refractivity contribution in [1.29, 1.82) is 0 Å². The van der Waals surface area contributed by atoms with Crippen LogP contribution in [0.15, 0.2) is 24.3 Å². The third-order valence-corrected chi connectivity index (χ3v) is 4.24. The number of hydrogen-bond acceptors (Lipinski definition) is 5. The first-order valence-corrected chi connectivity index (χ1v) is 8.72. The Morgan fingerprint density at radius 3 is 2.72 bits per heavy atom. The summed E-state index contributed by atoms with van der Waals surface area (Å²) in [5, 5.41) is 7.10. The van der Waals surface area contributed by atoms with E-state index in [9.17, 15) is 4.79 Å². The fourth-order valence-corrected chi connectivity index (χ4v) is 3.07. The van der Waals surface area contributed by atoms with Crippen molar-refractivity contribution in [3.63, 3.8) is 0 Å². The number of nitrogens with zero attached hydrogens (tertiary/aromatic N) is 3. The highest BCUT2D eigenvalue weighted by Gasteiger charge is 2.30. The largest absolute Gasteiger partial charge is 0.490 e. The topological polar surface area (TPSA) is 80.3 Å². The summed E-state index contributed by atoms with van der Waals surface area (Å²) in [6.45, 7) is 5.00. The van der Waals surface area contributed by atoms with Gasteiger partial charge in [0.15, 0.2) is 23.9 Å². The zero-order chi connectivity index (χ0) is 17.6. The minimum absolute atomic E-state index is 0.0238. The maximum absolute atomic E-state index is 12.7. The Morgan fingerprint density at radius 2 is 2.04 bits per heavy atom. The number of likely N-dealkylation sites (tertiary alicyclic amines) is 1. The molecule has 25 heavy (non-hydrogen) atoms. The van der Waals surface area contributed by atoms with Crippen LogP contribution >= 0.6 is 0 Å². The molecule has 1 aliphatic heterocycles. The molecule has 1 aliphatic rings. The highest BCUT2D eigenvalue weighted by atomic mass is 16.5. The first-order valence-electron chi connectivity index (χ1n) is 8.72. The molecule has 0 bridgehead atoms. The number of ether oxygens (including phenoxy) is 2. The standard InChI is InChI=1S/C18H24N4O3/c1-3-24-15-9-4-5-10-16(15)25-12-17(23)22-11-7-6-8-14(22)18-19-13(2)20-21-18/h4-5,9-10,14H,3,6-8,11-12H2,1-2H3,(H,19,20,21)/t14-/m1/s1. The highest BCUT2D eigenvalue weighted by Crippen LogP contribution is 2.30. The van der Waals surface area contributed by atoms with Crippen molar-refractivity contribution in [2.45, 2.75) is 39.2 Å². The van der Waals surface area contributed by atoms with E-state index in [0.717, 1.165) is 25.1 Å². The Hall–Kier alpha value is -2.57. The number of hydrogen-bond donors (Lipinski definition) is 1. The van der Waals surface area contributed by atoms with Gasteiger partial charge < -0.3 is 14.4 Å². The normalized spacial score (nSPS) is 17.4. The average Bonchev–Trinajstić information content (AvgIpc) is 3.07. The lowest BCUT2D eigenvalue weighted by molar-refractivity contribution is -0.137. The Balaban J connectivity index is 1.67. The van der Waals surface area contributed by atoms with E-state index >= 15 is 0 Å². The Kier molecular flexibility index (Phi) is 5.53. The number of amides is 1. The quantitative estimate of drug-likeness (QED) is 0.871. The maximum atomic E-state index is 12.7. The second-order valence-electron chi connectivity index (χ2n) is 6.05. The van der Waals surface area contributed by atoms with Gasteiger partial charge in [-0.05, 0) is 45.2 Å². The van der Waals surface area contributed by atoms with Crippen LogP contribution in [0.3, 0.4) is 0 Å². The molecule has 1 aromatic carbocycles. The molecule has 0 radical (unpaired) electrons. The van der Waals surface area contributed by atoms with E-state index < -0.39 is 0 Å². The van der Waals surface area contributed by atoms with E-state index in [0.29, 0.717) is 30.5 Å². The summed E-state index contributed by atoms with van der Waals surface area (Å²) in [6.07, 6.45) is 2.93. The van der Waals surface area contributed by atoms with Gasteiger partial charge in [-0.25, -0.2) is 4.98 Å². The van der Waals surface area contributed by atoms with Crippen LogP contribution in [0, 0.1) is 6.92 Å². The number of H-pyrrole nitrogens is 1. The van der Waals surface area contributed by atoms with Crippen LogP contribution in [0.2, 0.25) is 0 Å². The molecule has 1 fully saturated rings. The number of nitrogens with one attached hydrogen (secondary N) is 1. The lowest BCUT2D eigenvalue weighted by Gasteiger charge is -2.34. The molecule has 3 rings (SSSR count). The lowest BCUT2D eigenvalue weighted by atomic mass is 10.0. The van der Waals surface area contributed by atoms with Gasteiger partial charge in [-0.15, -0.1) is 0 Å². The zero-order valence-electron chi connectivity index (χ0n) is 14.7. The molecule has 2 aromatic rings. The molecule has 0 unspecified atom stereocenters. The molecule has 0 aliphatic carbocycles. The molecular formula is C18H24N4O3. The fraction of sp³-hybridized carbons (Fsp3) is 0.500. The van der Waals surface area contributed by atoms with Crippen molar-refractivity contribution in [2.24, 2.45) is 0 Å². The van der Waals surface area contributed by atoms with Gasteiger partial charge in [-0.3, -0.25) is 9.89 Å². The number of rotatable bonds is 6. The van der Waals surface area contributed by atoms with Gasteiger partial charge in [-0.2, -0.15) is 5.10 Å². The van der Waals surface area contributed by atoms with E-state index in [4.69, 9.17) is 9.47 Å².